The highest BCUT2D eigenvalue weighted by Gasteiger charge is 2.26. The lowest BCUT2D eigenvalue weighted by atomic mass is 10.0. The van der Waals surface area contributed by atoms with Crippen molar-refractivity contribution in [1.82, 2.24) is 4.90 Å². The average Bonchev–Trinajstić information content (AvgIpc) is 3.10. The minimum absolute atomic E-state index is 0.0948. The number of halogens is 1. The Morgan fingerprint density at radius 2 is 2.04 bits per heavy atom. The second kappa shape index (κ2) is 8.37. The zero-order valence-corrected chi connectivity index (χ0v) is 15.9. The van der Waals surface area contributed by atoms with Gasteiger partial charge in [0.1, 0.15) is 0 Å². The number of benzene rings is 2. The van der Waals surface area contributed by atoms with Crippen molar-refractivity contribution in [2.75, 3.05) is 6.54 Å². The summed E-state index contributed by atoms with van der Waals surface area (Å²) in [5, 5.41) is 4.91. The fourth-order valence-electron chi connectivity index (χ4n) is 3.02. The Balaban J connectivity index is 1.65. The zero-order valence-electron chi connectivity index (χ0n) is 15.1. The van der Waals surface area contributed by atoms with E-state index in [1.54, 1.807) is 0 Å². The average molecular weight is 371 g/mol. The summed E-state index contributed by atoms with van der Waals surface area (Å²) in [7, 11) is 0. The van der Waals surface area contributed by atoms with Gasteiger partial charge in [-0.25, -0.2) is 0 Å². The van der Waals surface area contributed by atoms with Crippen LogP contribution < -0.4 is 0 Å². The van der Waals surface area contributed by atoms with Crippen molar-refractivity contribution in [2.45, 2.75) is 39.3 Å². The fraction of sp³-hybridized carbons (Fsp3) is 0.333. The second-order valence-corrected chi connectivity index (χ2v) is 7.03. The number of nitrogens with zero attached hydrogens (tertiary/aromatic N) is 2. The summed E-state index contributed by atoms with van der Waals surface area (Å²) >= 11 is 6.06. The molecular formula is C21H23ClN2O2. The third kappa shape index (κ3) is 4.64. The van der Waals surface area contributed by atoms with Gasteiger partial charge >= 0.3 is 0 Å². The van der Waals surface area contributed by atoms with Gasteiger partial charge < -0.3 is 9.74 Å². The molecule has 3 rings (SSSR count). The number of oxime groups is 1. The molecule has 26 heavy (non-hydrogen) atoms. The molecule has 0 radical (unpaired) electrons. The molecule has 0 aliphatic carbocycles. The number of aryl methyl sites for hydroxylation is 1. The summed E-state index contributed by atoms with van der Waals surface area (Å²) in [6.45, 7) is 4.96. The van der Waals surface area contributed by atoms with E-state index in [0.29, 0.717) is 31.0 Å². The second-order valence-electron chi connectivity index (χ2n) is 6.59. The van der Waals surface area contributed by atoms with Crippen LogP contribution in [0.2, 0.25) is 5.02 Å². The fourth-order valence-corrected chi connectivity index (χ4v) is 3.24. The van der Waals surface area contributed by atoms with Crippen molar-refractivity contribution in [3.05, 3.63) is 70.2 Å². The van der Waals surface area contributed by atoms with Crippen molar-refractivity contribution >= 4 is 23.2 Å². The predicted octanol–water partition coefficient (Wildman–Crippen LogP) is 4.58. The number of hydrogen-bond acceptors (Lipinski definition) is 3. The molecule has 0 spiro atoms. The smallest absolute Gasteiger partial charge is 0.222 e. The molecule has 0 fully saturated rings. The van der Waals surface area contributed by atoms with Crippen LogP contribution in [0.1, 0.15) is 36.5 Å². The van der Waals surface area contributed by atoms with Crippen LogP contribution in [0.4, 0.5) is 0 Å². The largest absolute Gasteiger partial charge is 0.390 e. The molecule has 1 amide bonds. The number of rotatable bonds is 6. The van der Waals surface area contributed by atoms with Crippen LogP contribution in [-0.4, -0.2) is 29.2 Å². The van der Waals surface area contributed by atoms with Crippen molar-refractivity contribution in [1.29, 1.82) is 0 Å². The van der Waals surface area contributed by atoms with E-state index in [9.17, 15) is 4.79 Å². The molecule has 4 nitrogen and oxygen atoms in total. The van der Waals surface area contributed by atoms with Crippen LogP contribution in [0.5, 0.6) is 0 Å². The Labute approximate surface area is 159 Å². The first-order valence-corrected chi connectivity index (χ1v) is 9.25. The van der Waals surface area contributed by atoms with E-state index in [4.69, 9.17) is 16.4 Å². The Morgan fingerprint density at radius 3 is 2.73 bits per heavy atom. The van der Waals surface area contributed by atoms with E-state index >= 15 is 0 Å². The van der Waals surface area contributed by atoms with Gasteiger partial charge in [-0.1, -0.05) is 65.6 Å². The first kappa shape index (κ1) is 18.5. The van der Waals surface area contributed by atoms with Gasteiger partial charge in [0.2, 0.25) is 5.91 Å². The maximum atomic E-state index is 12.4. The molecule has 0 N–H and O–H groups in total. The van der Waals surface area contributed by atoms with E-state index in [2.05, 4.69) is 36.3 Å². The van der Waals surface area contributed by atoms with Gasteiger partial charge in [0.15, 0.2) is 6.10 Å². The quantitative estimate of drug-likeness (QED) is 0.746. The summed E-state index contributed by atoms with van der Waals surface area (Å²) in [4.78, 5) is 19.8. The maximum Gasteiger partial charge on any atom is 0.222 e. The summed E-state index contributed by atoms with van der Waals surface area (Å²) in [6.07, 6.45) is 1.03. The molecule has 0 saturated heterocycles. The minimum atomic E-state index is -0.124. The van der Waals surface area contributed by atoms with Gasteiger partial charge in [0.25, 0.3) is 0 Å². The third-order valence-electron chi connectivity index (χ3n) is 4.46. The van der Waals surface area contributed by atoms with Gasteiger partial charge in [0, 0.05) is 24.4 Å². The molecule has 1 aliphatic heterocycles. The molecule has 5 heteroatoms. The van der Waals surface area contributed by atoms with E-state index in [1.807, 2.05) is 36.1 Å². The highest BCUT2D eigenvalue weighted by molar-refractivity contribution is 6.30. The summed E-state index contributed by atoms with van der Waals surface area (Å²) in [5.74, 6) is 0.0948. The van der Waals surface area contributed by atoms with Crippen LogP contribution >= 0.6 is 11.6 Å². The molecule has 1 atom stereocenters. The predicted molar refractivity (Wildman–Crippen MR) is 104 cm³/mol. The standard InChI is InChI=1S/C21H23ClN2O2/c1-3-21(25)24(13-16-5-4-6-18(22)11-16)14-19-12-20(23-26-19)17-9-7-15(2)8-10-17/h4-11,19H,3,12-14H2,1-2H3/t19-/m0/s1. The van der Waals surface area contributed by atoms with Crippen LogP contribution in [0.15, 0.2) is 53.7 Å². The Kier molecular flexibility index (Phi) is 5.94. The molecule has 2 aromatic rings. The van der Waals surface area contributed by atoms with Crippen molar-refractivity contribution < 1.29 is 9.63 Å². The van der Waals surface area contributed by atoms with Crippen molar-refractivity contribution in [2.24, 2.45) is 5.16 Å². The lowest BCUT2D eigenvalue weighted by Gasteiger charge is -2.24. The van der Waals surface area contributed by atoms with E-state index in [-0.39, 0.29) is 12.0 Å². The van der Waals surface area contributed by atoms with Gasteiger partial charge in [-0.3, -0.25) is 4.79 Å². The van der Waals surface area contributed by atoms with E-state index in [0.717, 1.165) is 16.8 Å². The lowest BCUT2D eigenvalue weighted by molar-refractivity contribution is -0.133. The monoisotopic (exact) mass is 370 g/mol. The molecule has 136 valence electrons. The first-order valence-electron chi connectivity index (χ1n) is 8.87. The number of carbonyl (C=O) groups is 1. The molecule has 2 aromatic carbocycles. The maximum absolute atomic E-state index is 12.4. The summed E-state index contributed by atoms with van der Waals surface area (Å²) in [6, 6.07) is 15.8. The van der Waals surface area contributed by atoms with E-state index < -0.39 is 0 Å². The van der Waals surface area contributed by atoms with Crippen LogP contribution in [0.25, 0.3) is 0 Å². The van der Waals surface area contributed by atoms with Crippen molar-refractivity contribution in [3.63, 3.8) is 0 Å². The van der Waals surface area contributed by atoms with Crippen LogP contribution in [-0.2, 0) is 16.2 Å². The Hall–Kier alpha value is -2.33. The van der Waals surface area contributed by atoms with Gasteiger partial charge in [-0.05, 0) is 30.2 Å². The van der Waals surface area contributed by atoms with Crippen molar-refractivity contribution in [3.8, 4) is 0 Å². The van der Waals surface area contributed by atoms with Gasteiger partial charge in [0.05, 0.1) is 12.3 Å². The molecule has 0 bridgehead atoms. The van der Waals surface area contributed by atoms with Gasteiger partial charge in [-0.15, -0.1) is 0 Å². The first-order chi connectivity index (χ1) is 12.5. The molecule has 1 heterocycles. The highest BCUT2D eigenvalue weighted by Crippen LogP contribution is 2.20. The SMILES string of the molecule is CCC(=O)N(Cc1cccc(Cl)c1)C[C@@H]1CC(c2ccc(C)cc2)=NO1. The summed E-state index contributed by atoms with van der Waals surface area (Å²) < 4.78 is 0. The van der Waals surface area contributed by atoms with Crippen LogP contribution in [0, 0.1) is 6.92 Å². The number of amides is 1. The van der Waals surface area contributed by atoms with Crippen LogP contribution in [0.3, 0.4) is 0 Å². The highest BCUT2D eigenvalue weighted by atomic mass is 35.5. The normalized spacial score (nSPS) is 16.1. The van der Waals surface area contributed by atoms with E-state index in [1.165, 1.54) is 5.56 Å². The molecule has 0 unspecified atom stereocenters. The Morgan fingerprint density at radius 1 is 1.27 bits per heavy atom. The third-order valence-corrected chi connectivity index (χ3v) is 4.69. The number of carbonyl (C=O) groups excluding carboxylic acids is 1. The zero-order chi connectivity index (χ0) is 18.5. The Bertz CT molecular complexity index is 802. The molecule has 1 aliphatic rings. The summed E-state index contributed by atoms with van der Waals surface area (Å²) in [5.41, 5.74) is 4.23. The molecule has 0 aromatic heterocycles. The molecular weight excluding hydrogens is 348 g/mol. The van der Waals surface area contributed by atoms with Gasteiger partial charge in [-0.2, -0.15) is 0 Å². The topological polar surface area (TPSA) is 41.9 Å². The molecule has 0 saturated carbocycles. The number of hydrogen-bond donors (Lipinski definition) is 0. The lowest BCUT2D eigenvalue weighted by Crippen LogP contribution is -2.36. The minimum Gasteiger partial charge on any atom is -0.390 e.